The van der Waals surface area contributed by atoms with E-state index in [1.165, 1.54) is 5.56 Å². The van der Waals surface area contributed by atoms with E-state index in [0.717, 1.165) is 29.7 Å². The summed E-state index contributed by atoms with van der Waals surface area (Å²) in [7, 11) is 1.64. The first-order valence-corrected chi connectivity index (χ1v) is 6.82. The molecule has 0 unspecified atom stereocenters. The predicted molar refractivity (Wildman–Crippen MR) is 72.2 cm³/mol. The molecule has 3 nitrogen and oxygen atoms in total. The molecule has 2 rings (SSSR count). The number of hydrogen-bond donors (Lipinski definition) is 0. The van der Waals surface area contributed by atoms with Crippen LogP contribution >= 0.6 is 15.9 Å². The monoisotopic (exact) mass is 297 g/mol. The number of alkyl halides is 1. The van der Waals surface area contributed by atoms with Crippen molar-refractivity contribution in [3.8, 4) is 5.75 Å². The number of halogens is 1. The molecule has 0 fully saturated rings. The van der Waals surface area contributed by atoms with E-state index < -0.39 is 0 Å². The van der Waals surface area contributed by atoms with Crippen LogP contribution in [0.15, 0.2) is 18.2 Å². The third-order valence-electron chi connectivity index (χ3n) is 3.20. The molecule has 0 aliphatic carbocycles. The molecule has 1 atom stereocenters. The summed E-state index contributed by atoms with van der Waals surface area (Å²) in [6.45, 7) is 2.36. The lowest BCUT2D eigenvalue weighted by Crippen LogP contribution is -2.27. The number of benzene rings is 1. The van der Waals surface area contributed by atoms with Gasteiger partial charge in [0.25, 0.3) is 0 Å². The Bertz CT molecular complexity index is 433. The number of anilines is 1. The number of fused-ring (bicyclic) bond motifs is 1. The van der Waals surface area contributed by atoms with E-state index in [0.29, 0.717) is 5.92 Å². The zero-order chi connectivity index (χ0) is 12.4. The van der Waals surface area contributed by atoms with Crippen molar-refractivity contribution < 1.29 is 9.53 Å². The molecule has 0 saturated carbocycles. The van der Waals surface area contributed by atoms with Crippen LogP contribution < -0.4 is 9.64 Å². The van der Waals surface area contributed by atoms with Gasteiger partial charge in [0.2, 0.25) is 5.91 Å². The van der Waals surface area contributed by atoms with Gasteiger partial charge in [-0.3, -0.25) is 4.79 Å². The molecular weight excluding hydrogens is 282 g/mol. The number of amides is 1. The fourth-order valence-corrected chi connectivity index (χ4v) is 2.95. The van der Waals surface area contributed by atoms with Crippen LogP contribution in [0.4, 0.5) is 5.69 Å². The lowest BCUT2D eigenvalue weighted by atomic mass is 9.99. The maximum absolute atomic E-state index is 11.7. The van der Waals surface area contributed by atoms with Crippen molar-refractivity contribution in [2.75, 3.05) is 23.9 Å². The highest BCUT2D eigenvalue weighted by Crippen LogP contribution is 2.44. The molecular formula is C13H16BrNO2. The second kappa shape index (κ2) is 5.08. The van der Waals surface area contributed by atoms with Gasteiger partial charge in [0.1, 0.15) is 5.75 Å². The van der Waals surface area contributed by atoms with Crippen molar-refractivity contribution in [3.63, 3.8) is 0 Å². The van der Waals surface area contributed by atoms with E-state index in [-0.39, 0.29) is 5.91 Å². The van der Waals surface area contributed by atoms with E-state index in [9.17, 15) is 4.79 Å². The lowest BCUT2D eigenvalue weighted by molar-refractivity contribution is -0.116. The van der Waals surface area contributed by atoms with Gasteiger partial charge in [0.05, 0.1) is 12.8 Å². The first kappa shape index (κ1) is 12.4. The summed E-state index contributed by atoms with van der Waals surface area (Å²) in [6, 6.07) is 5.99. The molecule has 0 bridgehead atoms. The average Bonchev–Trinajstić information content (AvgIpc) is 2.69. The Kier molecular flexibility index (Phi) is 3.72. The van der Waals surface area contributed by atoms with Gasteiger partial charge in [-0.15, -0.1) is 0 Å². The van der Waals surface area contributed by atoms with Crippen molar-refractivity contribution in [2.24, 2.45) is 0 Å². The topological polar surface area (TPSA) is 29.5 Å². The Morgan fingerprint density at radius 1 is 1.59 bits per heavy atom. The summed E-state index contributed by atoms with van der Waals surface area (Å²) >= 11 is 3.47. The van der Waals surface area contributed by atoms with Gasteiger partial charge in [-0.05, 0) is 18.1 Å². The average molecular weight is 298 g/mol. The minimum atomic E-state index is 0.0767. The Hall–Kier alpha value is -1.03. The van der Waals surface area contributed by atoms with E-state index in [4.69, 9.17) is 4.74 Å². The fraction of sp³-hybridized carbons (Fsp3) is 0.462. The standard InChI is InChI=1S/C13H16BrNO2/c1-9(16)15-8-10(6-7-14)11-4-3-5-12(17-2)13(11)15/h3-5,10H,6-8H2,1-2H3/t10-/m1/s1. The number of carbonyl (C=O) groups is 1. The number of methoxy groups -OCH3 is 1. The molecule has 0 N–H and O–H groups in total. The first-order valence-electron chi connectivity index (χ1n) is 5.70. The minimum absolute atomic E-state index is 0.0767. The first-order chi connectivity index (χ1) is 8.19. The van der Waals surface area contributed by atoms with Gasteiger partial charge in [-0.2, -0.15) is 0 Å². The largest absolute Gasteiger partial charge is 0.495 e. The van der Waals surface area contributed by atoms with Crippen molar-refractivity contribution in [1.29, 1.82) is 0 Å². The van der Waals surface area contributed by atoms with Gasteiger partial charge < -0.3 is 9.64 Å². The molecule has 1 aliphatic rings. The highest BCUT2D eigenvalue weighted by Gasteiger charge is 2.32. The number of rotatable bonds is 3. The highest BCUT2D eigenvalue weighted by atomic mass is 79.9. The molecule has 17 heavy (non-hydrogen) atoms. The van der Waals surface area contributed by atoms with E-state index in [1.807, 2.05) is 17.0 Å². The Labute approximate surface area is 110 Å². The van der Waals surface area contributed by atoms with Gasteiger partial charge in [0, 0.05) is 24.7 Å². The lowest BCUT2D eigenvalue weighted by Gasteiger charge is -2.17. The molecule has 1 aromatic carbocycles. The summed E-state index contributed by atoms with van der Waals surface area (Å²) in [6.07, 6.45) is 1.03. The summed E-state index contributed by atoms with van der Waals surface area (Å²) in [5.41, 5.74) is 2.17. The van der Waals surface area contributed by atoms with Crippen LogP contribution in [0, 0.1) is 0 Å². The van der Waals surface area contributed by atoms with Crippen molar-refractivity contribution in [3.05, 3.63) is 23.8 Å². The smallest absolute Gasteiger partial charge is 0.223 e. The number of para-hydroxylation sites is 1. The second-order valence-electron chi connectivity index (χ2n) is 4.20. The van der Waals surface area contributed by atoms with E-state index in [2.05, 4.69) is 22.0 Å². The van der Waals surface area contributed by atoms with Gasteiger partial charge in [-0.1, -0.05) is 28.1 Å². The number of nitrogens with zero attached hydrogens (tertiary/aromatic N) is 1. The molecule has 0 aromatic heterocycles. The summed E-state index contributed by atoms with van der Waals surface area (Å²) in [4.78, 5) is 13.5. The molecule has 0 saturated heterocycles. The van der Waals surface area contributed by atoms with E-state index in [1.54, 1.807) is 14.0 Å². The van der Waals surface area contributed by atoms with Crippen molar-refractivity contribution in [2.45, 2.75) is 19.3 Å². The zero-order valence-corrected chi connectivity index (χ0v) is 11.7. The highest BCUT2D eigenvalue weighted by molar-refractivity contribution is 9.09. The predicted octanol–water partition coefficient (Wildman–Crippen LogP) is 2.93. The summed E-state index contributed by atoms with van der Waals surface area (Å²) in [5.74, 6) is 1.27. The van der Waals surface area contributed by atoms with Gasteiger partial charge in [-0.25, -0.2) is 0 Å². The number of hydrogen-bond acceptors (Lipinski definition) is 2. The molecule has 0 radical (unpaired) electrons. The number of ether oxygens (including phenoxy) is 1. The molecule has 92 valence electrons. The van der Waals surface area contributed by atoms with Crippen LogP contribution in [-0.2, 0) is 4.79 Å². The molecule has 1 heterocycles. The van der Waals surface area contributed by atoms with Crippen LogP contribution in [0.3, 0.4) is 0 Å². The van der Waals surface area contributed by atoms with Crippen LogP contribution in [0.1, 0.15) is 24.8 Å². The second-order valence-corrected chi connectivity index (χ2v) is 5.00. The quantitative estimate of drug-likeness (QED) is 0.803. The van der Waals surface area contributed by atoms with Crippen LogP contribution in [0.2, 0.25) is 0 Å². The molecule has 1 aromatic rings. The Morgan fingerprint density at radius 3 is 2.94 bits per heavy atom. The zero-order valence-electron chi connectivity index (χ0n) is 10.1. The molecule has 4 heteroatoms. The molecule has 1 amide bonds. The van der Waals surface area contributed by atoms with Crippen LogP contribution in [0.5, 0.6) is 5.75 Å². The van der Waals surface area contributed by atoms with Crippen LogP contribution in [-0.4, -0.2) is 24.9 Å². The normalized spacial score (nSPS) is 18.1. The third-order valence-corrected chi connectivity index (χ3v) is 3.66. The Balaban J connectivity index is 2.46. The van der Waals surface area contributed by atoms with Crippen LogP contribution in [0.25, 0.3) is 0 Å². The minimum Gasteiger partial charge on any atom is -0.495 e. The Morgan fingerprint density at radius 2 is 2.35 bits per heavy atom. The maximum Gasteiger partial charge on any atom is 0.223 e. The fourth-order valence-electron chi connectivity index (χ4n) is 2.40. The molecule has 1 aliphatic heterocycles. The summed E-state index contributed by atoms with van der Waals surface area (Å²) in [5, 5.41) is 0.945. The molecule has 0 spiro atoms. The van der Waals surface area contributed by atoms with E-state index >= 15 is 0 Å². The van der Waals surface area contributed by atoms with Gasteiger partial charge >= 0.3 is 0 Å². The maximum atomic E-state index is 11.7. The number of carbonyl (C=O) groups excluding carboxylic acids is 1. The van der Waals surface area contributed by atoms with Crippen molar-refractivity contribution in [1.82, 2.24) is 0 Å². The van der Waals surface area contributed by atoms with Crippen molar-refractivity contribution >= 4 is 27.5 Å². The summed E-state index contributed by atoms with van der Waals surface area (Å²) < 4.78 is 5.36. The third kappa shape index (κ3) is 2.18. The SMILES string of the molecule is COc1cccc2c1N(C(C)=O)C[C@H]2CCBr. The van der Waals surface area contributed by atoms with Gasteiger partial charge in [0.15, 0.2) is 0 Å².